The molecule has 0 aromatic carbocycles. The Hall–Kier alpha value is -1.72. The van der Waals surface area contributed by atoms with Crippen molar-refractivity contribution in [3.63, 3.8) is 0 Å². The molecule has 1 heterocycles. The van der Waals surface area contributed by atoms with Crippen LogP contribution in [0.15, 0.2) is 18.3 Å². The third kappa shape index (κ3) is 15.5. The number of halogens is 2. The number of aromatic hydroxyl groups is 1. The molecule has 1 aromatic heterocycles. The van der Waals surface area contributed by atoms with Gasteiger partial charge in [0.15, 0.2) is 0 Å². The molecule has 6 heteroatoms. The number of unbranched alkanes of at least 4 members (excludes halogenated alkanes) is 1. The fourth-order valence-electron chi connectivity index (χ4n) is 1.77. The van der Waals surface area contributed by atoms with E-state index in [2.05, 4.69) is 9.72 Å². The summed E-state index contributed by atoms with van der Waals surface area (Å²) in [6.45, 7) is 11.1. The topological polar surface area (TPSA) is 59.4 Å². The Balaban J connectivity index is 0. The summed E-state index contributed by atoms with van der Waals surface area (Å²) in [7, 11) is 0. The first kappa shape index (κ1) is 25.5. The first-order valence-electron chi connectivity index (χ1n) is 8.91. The number of alkyl halides is 2. The minimum atomic E-state index is -2.43. The Labute approximate surface area is 150 Å². The summed E-state index contributed by atoms with van der Waals surface area (Å²) in [6.07, 6.45) is 3.68. The monoisotopic (exact) mass is 361 g/mol. The van der Waals surface area contributed by atoms with Crippen molar-refractivity contribution in [1.82, 2.24) is 4.98 Å². The van der Waals surface area contributed by atoms with E-state index < -0.39 is 11.9 Å². The zero-order valence-electron chi connectivity index (χ0n) is 16.3. The molecule has 1 N–H and O–H groups in total. The largest absolute Gasteiger partial charge is 0.506 e. The highest BCUT2D eigenvalue weighted by Gasteiger charge is 2.29. The lowest BCUT2D eigenvalue weighted by atomic mass is 9.97. The first-order chi connectivity index (χ1) is 11.7. The van der Waals surface area contributed by atoms with E-state index in [4.69, 9.17) is 5.11 Å². The van der Waals surface area contributed by atoms with Gasteiger partial charge < -0.3 is 9.84 Å². The van der Waals surface area contributed by atoms with Gasteiger partial charge >= 0.3 is 5.97 Å². The van der Waals surface area contributed by atoms with Crippen molar-refractivity contribution in [2.75, 3.05) is 0 Å². The molecular formula is C19H33F2NO3. The number of nitrogens with zero attached hydrogens (tertiary/aromatic N) is 1. The van der Waals surface area contributed by atoms with Gasteiger partial charge in [0.05, 0.1) is 6.20 Å². The number of esters is 1. The van der Waals surface area contributed by atoms with Crippen LogP contribution in [0.1, 0.15) is 73.6 Å². The van der Waals surface area contributed by atoms with Crippen molar-refractivity contribution in [3.05, 3.63) is 18.3 Å². The molecule has 1 atom stereocenters. The van der Waals surface area contributed by atoms with E-state index in [9.17, 15) is 13.6 Å². The molecular weight excluding hydrogens is 328 g/mol. The SMILES string of the molecule is CC.CC(=O)Oc1ccc(O)cn1.CCCCC(F)(F)CC(C)CC. The third-order valence-electron chi connectivity index (χ3n) is 3.21. The van der Waals surface area contributed by atoms with Crippen molar-refractivity contribution < 1.29 is 23.4 Å². The van der Waals surface area contributed by atoms with E-state index in [-0.39, 0.29) is 30.4 Å². The van der Waals surface area contributed by atoms with Crippen LogP contribution in [-0.4, -0.2) is 22.0 Å². The quantitative estimate of drug-likeness (QED) is 0.606. The lowest BCUT2D eigenvalue weighted by Gasteiger charge is -2.19. The lowest BCUT2D eigenvalue weighted by Crippen LogP contribution is -2.19. The number of rotatable bonds is 7. The molecule has 0 fully saturated rings. The number of hydrogen-bond acceptors (Lipinski definition) is 4. The third-order valence-corrected chi connectivity index (χ3v) is 3.21. The van der Waals surface area contributed by atoms with E-state index in [1.54, 1.807) is 0 Å². The second kappa shape index (κ2) is 14.6. The molecule has 0 amide bonds. The van der Waals surface area contributed by atoms with E-state index >= 15 is 0 Å². The van der Waals surface area contributed by atoms with Gasteiger partial charge in [0, 0.05) is 25.8 Å². The van der Waals surface area contributed by atoms with Gasteiger partial charge in [-0.1, -0.05) is 47.5 Å². The summed E-state index contributed by atoms with van der Waals surface area (Å²) in [5.41, 5.74) is 0. The van der Waals surface area contributed by atoms with E-state index in [0.29, 0.717) is 6.42 Å². The molecule has 1 aromatic rings. The Morgan fingerprint density at radius 3 is 2.32 bits per heavy atom. The van der Waals surface area contributed by atoms with Crippen molar-refractivity contribution in [2.45, 2.75) is 79.6 Å². The minimum Gasteiger partial charge on any atom is -0.506 e. The number of aromatic nitrogens is 1. The molecule has 0 aliphatic heterocycles. The fraction of sp³-hybridized carbons (Fsp3) is 0.684. The average molecular weight is 361 g/mol. The molecule has 0 saturated carbocycles. The van der Waals surface area contributed by atoms with Crippen molar-refractivity contribution in [2.24, 2.45) is 5.92 Å². The molecule has 146 valence electrons. The molecule has 4 nitrogen and oxygen atoms in total. The maximum Gasteiger partial charge on any atom is 0.309 e. The minimum absolute atomic E-state index is 0.0425. The van der Waals surface area contributed by atoms with E-state index in [1.165, 1.54) is 25.3 Å². The zero-order valence-corrected chi connectivity index (χ0v) is 16.3. The first-order valence-corrected chi connectivity index (χ1v) is 8.91. The van der Waals surface area contributed by atoms with Crippen LogP contribution in [0.4, 0.5) is 8.78 Å². The van der Waals surface area contributed by atoms with Crippen molar-refractivity contribution >= 4 is 5.97 Å². The van der Waals surface area contributed by atoms with Crippen LogP contribution in [0.3, 0.4) is 0 Å². The number of carbonyl (C=O) groups excluding carboxylic acids is 1. The summed E-state index contributed by atoms with van der Waals surface area (Å²) in [5, 5.41) is 8.79. The predicted octanol–water partition coefficient (Wildman–Crippen LogP) is 5.99. The molecule has 0 bridgehead atoms. The van der Waals surface area contributed by atoms with Crippen LogP contribution in [0, 0.1) is 5.92 Å². The fourth-order valence-corrected chi connectivity index (χ4v) is 1.77. The summed E-state index contributed by atoms with van der Waals surface area (Å²) >= 11 is 0. The van der Waals surface area contributed by atoms with Gasteiger partial charge in [-0.15, -0.1) is 0 Å². The maximum atomic E-state index is 13.0. The van der Waals surface area contributed by atoms with Gasteiger partial charge in [-0.05, 0) is 18.4 Å². The molecule has 1 rings (SSSR count). The summed E-state index contributed by atoms with van der Waals surface area (Å²) in [6, 6.07) is 2.81. The van der Waals surface area contributed by atoms with Crippen LogP contribution in [0.5, 0.6) is 11.6 Å². The second-order valence-electron chi connectivity index (χ2n) is 5.63. The zero-order chi connectivity index (χ0) is 19.9. The highest BCUT2D eigenvalue weighted by atomic mass is 19.3. The summed E-state index contributed by atoms with van der Waals surface area (Å²) in [5.74, 6) is -2.47. The standard InChI is InChI=1S/C10H20F2.C7H7NO3.C2H6/c1-4-6-7-10(11,12)8-9(3)5-2;1-5(9)11-7-3-2-6(10)4-8-7;1-2/h9H,4-8H2,1-3H3;2-4,10H,1H3;1-2H3. The molecule has 0 aliphatic rings. The molecule has 1 unspecified atom stereocenters. The van der Waals surface area contributed by atoms with Crippen LogP contribution < -0.4 is 4.74 Å². The Morgan fingerprint density at radius 1 is 1.32 bits per heavy atom. The molecule has 0 radical (unpaired) electrons. The molecule has 25 heavy (non-hydrogen) atoms. The van der Waals surface area contributed by atoms with Gasteiger partial charge in [0.2, 0.25) is 11.8 Å². The van der Waals surface area contributed by atoms with Crippen LogP contribution in [0.2, 0.25) is 0 Å². The lowest BCUT2D eigenvalue weighted by molar-refractivity contribution is -0.132. The van der Waals surface area contributed by atoms with Crippen molar-refractivity contribution in [1.29, 1.82) is 0 Å². The Morgan fingerprint density at radius 2 is 1.92 bits per heavy atom. The van der Waals surface area contributed by atoms with Crippen LogP contribution >= 0.6 is 0 Å². The van der Waals surface area contributed by atoms with Gasteiger partial charge in [0.1, 0.15) is 5.75 Å². The number of pyridine rings is 1. The van der Waals surface area contributed by atoms with Crippen molar-refractivity contribution in [3.8, 4) is 11.6 Å². The number of carbonyl (C=O) groups is 1. The number of hydrogen-bond donors (Lipinski definition) is 1. The second-order valence-corrected chi connectivity index (χ2v) is 5.63. The smallest absolute Gasteiger partial charge is 0.309 e. The molecule has 0 spiro atoms. The van der Waals surface area contributed by atoms with Gasteiger partial charge in [-0.25, -0.2) is 13.8 Å². The number of ether oxygens (including phenoxy) is 1. The predicted molar refractivity (Wildman–Crippen MR) is 97.1 cm³/mol. The average Bonchev–Trinajstić information content (AvgIpc) is 2.57. The normalized spacial score (nSPS) is 11.4. The Kier molecular flexibility index (Phi) is 14.9. The molecule has 0 saturated heterocycles. The summed E-state index contributed by atoms with van der Waals surface area (Å²) < 4.78 is 30.7. The van der Waals surface area contributed by atoms with Gasteiger partial charge in [0.25, 0.3) is 0 Å². The van der Waals surface area contributed by atoms with E-state index in [1.807, 2.05) is 34.6 Å². The van der Waals surface area contributed by atoms with Gasteiger partial charge in [-0.2, -0.15) is 0 Å². The summed E-state index contributed by atoms with van der Waals surface area (Å²) in [4.78, 5) is 14.0. The van der Waals surface area contributed by atoms with Crippen LogP contribution in [0.25, 0.3) is 0 Å². The van der Waals surface area contributed by atoms with Crippen LogP contribution in [-0.2, 0) is 4.79 Å². The Bertz CT molecular complexity index is 450. The highest BCUT2D eigenvalue weighted by Crippen LogP contribution is 2.29. The van der Waals surface area contributed by atoms with Gasteiger partial charge in [-0.3, -0.25) is 4.79 Å². The highest BCUT2D eigenvalue weighted by molar-refractivity contribution is 5.68. The van der Waals surface area contributed by atoms with E-state index in [0.717, 1.165) is 12.8 Å². The molecule has 0 aliphatic carbocycles. The maximum absolute atomic E-state index is 13.0.